The molecule has 0 saturated carbocycles. The van der Waals surface area contributed by atoms with Gasteiger partial charge in [0.15, 0.2) is 5.96 Å². The molecule has 2 N–H and O–H groups in total. The lowest BCUT2D eigenvalue weighted by atomic mass is 9.95. The number of morpholine rings is 1. The minimum absolute atomic E-state index is 0.232. The molecule has 4 rings (SSSR count). The fourth-order valence-electron chi connectivity index (χ4n) is 4.40. The number of ether oxygens (including phenoxy) is 1. The van der Waals surface area contributed by atoms with Gasteiger partial charge in [0.25, 0.3) is 0 Å². The summed E-state index contributed by atoms with van der Waals surface area (Å²) >= 11 is 2.07. The van der Waals surface area contributed by atoms with E-state index in [1.807, 2.05) is 7.05 Å². The van der Waals surface area contributed by atoms with Crippen molar-refractivity contribution in [2.75, 3.05) is 57.9 Å². The van der Waals surface area contributed by atoms with Crippen LogP contribution in [0.2, 0.25) is 0 Å². The Morgan fingerprint density at radius 2 is 2.07 bits per heavy atom. The molecule has 0 aliphatic carbocycles. The van der Waals surface area contributed by atoms with Crippen molar-refractivity contribution in [3.05, 3.63) is 36.5 Å². The van der Waals surface area contributed by atoms with Gasteiger partial charge in [-0.25, -0.2) is 0 Å². The minimum Gasteiger partial charge on any atom is -0.379 e. The Labute approximate surface area is 178 Å². The third kappa shape index (κ3) is 4.90. The van der Waals surface area contributed by atoms with Crippen molar-refractivity contribution in [3.8, 4) is 0 Å². The Morgan fingerprint density at radius 1 is 1.21 bits per heavy atom. The number of hydrogen-bond acceptors (Lipinski definition) is 4. The number of aryl methyl sites for hydroxylation is 1. The van der Waals surface area contributed by atoms with E-state index >= 15 is 0 Å². The van der Waals surface area contributed by atoms with E-state index in [1.54, 1.807) is 0 Å². The van der Waals surface area contributed by atoms with Gasteiger partial charge in [-0.05, 0) is 36.1 Å². The zero-order valence-electron chi connectivity index (χ0n) is 17.4. The summed E-state index contributed by atoms with van der Waals surface area (Å²) in [5.41, 5.74) is 1.54. The lowest BCUT2D eigenvalue weighted by Crippen LogP contribution is -2.60. The number of rotatable bonds is 7. The Bertz CT molecular complexity index is 808. The topological polar surface area (TPSA) is 53.8 Å². The molecule has 158 valence electrons. The van der Waals surface area contributed by atoms with E-state index in [1.165, 1.54) is 28.8 Å². The van der Waals surface area contributed by atoms with Crippen LogP contribution in [0.25, 0.3) is 10.9 Å². The van der Waals surface area contributed by atoms with E-state index in [2.05, 4.69) is 73.4 Å². The van der Waals surface area contributed by atoms with E-state index < -0.39 is 0 Å². The van der Waals surface area contributed by atoms with Gasteiger partial charge in [-0.2, -0.15) is 11.8 Å². The van der Waals surface area contributed by atoms with Crippen molar-refractivity contribution in [2.45, 2.75) is 24.9 Å². The monoisotopic (exact) mass is 415 g/mol. The Balaban J connectivity index is 1.25. The molecule has 1 unspecified atom stereocenters. The summed E-state index contributed by atoms with van der Waals surface area (Å²) in [5.74, 6) is 3.35. The Kier molecular flexibility index (Phi) is 7.00. The molecule has 2 saturated heterocycles. The van der Waals surface area contributed by atoms with Crippen LogP contribution in [0.4, 0.5) is 0 Å². The summed E-state index contributed by atoms with van der Waals surface area (Å²) in [6.45, 7) is 6.65. The molecule has 0 radical (unpaired) electrons. The molecule has 0 amide bonds. The van der Waals surface area contributed by atoms with Crippen LogP contribution in [0.3, 0.4) is 0 Å². The molecule has 2 aliphatic rings. The highest BCUT2D eigenvalue weighted by atomic mass is 32.2. The fraction of sp³-hybridized carbons (Fsp3) is 0.591. The van der Waals surface area contributed by atoms with Gasteiger partial charge in [0.1, 0.15) is 0 Å². The van der Waals surface area contributed by atoms with Crippen LogP contribution < -0.4 is 10.6 Å². The van der Waals surface area contributed by atoms with E-state index in [0.29, 0.717) is 0 Å². The number of benzene rings is 1. The third-order valence-electron chi connectivity index (χ3n) is 6.12. The van der Waals surface area contributed by atoms with E-state index in [9.17, 15) is 0 Å². The molecule has 0 spiro atoms. The number of hydrogen-bond donors (Lipinski definition) is 2. The first-order valence-electron chi connectivity index (χ1n) is 10.7. The van der Waals surface area contributed by atoms with E-state index in [-0.39, 0.29) is 5.54 Å². The SMILES string of the molecule is CN=C(NCCCn1ccc2ccccc21)NCC1(N2CCOCC2)CCSC1. The number of thioether (sulfide) groups is 1. The summed E-state index contributed by atoms with van der Waals surface area (Å²) in [5, 5.41) is 8.41. The summed E-state index contributed by atoms with van der Waals surface area (Å²) < 4.78 is 7.90. The third-order valence-corrected chi connectivity index (χ3v) is 7.36. The van der Waals surface area contributed by atoms with Gasteiger partial charge in [-0.3, -0.25) is 9.89 Å². The first kappa shape index (κ1) is 20.6. The zero-order chi connectivity index (χ0) is 19.9. The van der Waals surface area contributed by atoms with E-state index in [4.69, 9.17) is 4.74 Å². The van der Waals surface area contributed by atoms with Crippen LogP contribution in [0.1, 0.15) is 12.8 Å². The van der Waals surface area contributed by atoms with Crippen molar-refractivity contribution in [1.82, 2.24) is 20.1 Å². The molecule has 2 aliphatic heterocycles. The predicted molar refractivity (Wildman–Crippen MR) is 123 cm³/mol. The largest absolute Gasteiger partial charge is 0.379 e. The molecule has 0 bridgehead atoms. The molecule has 1 aromatic carbocycles. The normalized spacial score (nSPS) is 23.6. The van der Waals surface area contributed by atoms with E-state index in [0.717, 1.165) is 58.3 Å². The van der Waals surface area contributed by atoms with Crippen molar-refractivity contribution in [2.24, 2.45) is 4.99 Å². The molecule has 29 heavy (non-hydrogen) atoms. The van der Waals surface area contributed by atoms with Crippen LogP contribution >= 0.6 is 11.8 Å². The highest BCUT2D eigenvalue weighted by Gasteiger charge is 2.40. The average molecular weight is 416 g/mol. The summed E-state index contributed by atoms with van der Waals surface area (Å²) in [6, 6.07) is 10.7. The standard InChI is InChI=1S/C22H33N5OS/c1-23-21(24-9-4-10-26-11-7-19-5-2-3-6-20(19)26)25-17-22(8-16-29-18-22)27-12-14-28-15-13-27/h2-3,5-7,11H,4,8-10,12-18H2,1H3,(H2,23,24,25). The zero-order valence-corrected chi connectivity index (χ0v) is 18.2. The van der Waals surface area contributed by atoms with Crippen LogP contribution in [-0.2, 0) is 11.3 Å². The first-order valence-corrected chi connectivity index (χ1v) is 11.9. The Morgan fingerprint density at radius 3 is 2.86 bits per heavy atom. The lowest BCUT2D eigenvalue weighted by Gasteiger charge is -2.43. The molecule has 1 atom stereocenters. The molecular formula is C22H33N5OS. The van der Waals surface area contributed by atoms with Crippen molar-refractivity contribution in [3.63, 3.8) is 0 Å². The highest BCUT2D eigenvalue weighted by Crippen LogP contribution is 2.33. The van der Waals surface area contributed by atoms with Crippen LogP contribution in [0.5, 0.6) is 0 Å². The van der Waals surface area contributed by atoms with Gasteiger partial charge >= 0.3 is 0 Å². The average Bonchev–Trinajstić information content (AvgIpc) is 3.42. The van der Waals surface area contributed by atoms with Gasteiger partial charge in [0.2, 0.25) is 0 Å². The predicted octanol–water partition coefficient (Wildman–Crippen LogP) is 2.40. The molecule has 7 heteroatoms. The number of guanidine groups is 1. The summed E-state index contributed by atoms with van der Waals surface area (Å²) in [7, 11) is 1.86. The maximum absolute atomic E-state index is 5.57. The number of nitrogens with zero attached hydrogens (tertiary/aromatic N) is 3. The molecule has 2 aromatic rings. The number of para-hydroxylation sites is 1. The van der Waals surface area contributed by atoms with Crippen molar-refractivity contribution < 1.29 is 4.74 Å². The number of fused-ring (bicyclic) bond motifs is 1. The lowest BCUT2D eigenvalue weighted by molar-refractivity contribution is -0.0120. The second-order valence-corrected chi connectivity index (χ2v) is 9.01. The molecule has 2 fully saturated rings. The number of aliphatic imine (C=N–C) groups is 1. The van der Waals surface area contributed by atoms with Crippen LogP contribution in [-0.4, -0.2) is 78.9 Å². The fourth-order valence-corrected chi connectivity index (χ4v) is 5.87. The molecule has 6 nitrogen and oxygen atoms in total. The first-order chi connectivity index (χ1) is 14.3. The smallest absolute Gasteiger partial charge is 0.191 e. The van der Waals surface area contributed by atoms with Gasteiger partial charge in [0.05, 0.1) is 13.2 Å². The van der Waals surface area contributed by atoms with Gasteiger partial charge in [0, 0.05) is 62.8 Å². The molecule has 3 heterocycles. The molecular weight excluding hydrogens is 382 g/mol. The quantitative estimate of drug-likeness (QED) is 0.413. The van der Waals surface area contributed by atoms with Crippen molar-refractivity contribution >= 4 is 28.6 Å². The number of aromatic nitrogens is 1. The highest BCUT2D eigenvalue weighted by molar-refractivity contribution is 7.99. The molecule has 1 aromatic heterocycles. The second kappa shape index (κ2) is 9.87. The van der Waals surface area contributed by atoms with Gasteiger partial charge < -0.3 is 19.9 Å². The second-order valence-electron chi connectivity index (χ2n) is 7.90. The Hall–Kier alpha value is -1.70. The van der Waals surface area contributed by atoms with Crippen LogP contribution in [0, 0.1) is 0 Å². The van der Waals surface area contributed by atoms with Gasteiger partial charge in [-0.15, -0.1) is 0 Å². The van der Waals surface area contributed by atoms with Crippen molar-refractivity contribution in [1.29, 1.82) is 0 Å². The van der Waals surface area contributed by atoms with Gasteiger partial charge in [-0.1, -0.05) is 18.2 Å². The number of nitrogens with one attached hydrogen (secondary N) is 2. The maximum Gasteiger partial charge on any atom is 0.191 e. The van der Waals surface area contributed by atoms with Crippen LogP contribution in [0.15, 0.2) is 41.5 Å². The minimum atomic E-state index is 0.232. The summed E-state index contributed by atoms with van der Waals surface area (Å²) in [4.78, 5) is 7.08. The maximum atomic E-state index is 5.57. The summed E-state index contributed by atoms with van der Waals surface area (Å²) in [6.07, 6.45) is 4.48.